The third-order valence-electron chi connectivity index (χ3n) is 6.86. The van der Waals surface area contributed by atoms with Gasteiger partial charge in [0.05, 0.1) is 24.0 Å². The smallest absolute Gasteiger partial charge is 0.139 e. The number of halogens is 1. The predicted octanol–water partition coefficient (Wildman–Crippen LogP) is 4.83. The summed E-state index contributed by atoms with van der Waals surface area (Å²) < 4.78 is 6.68. The summed E-state index contributed by atoms with van der Waals surface area (Å²) in [6.07, 6.45) is 1.38. The second-order valence-electron chi connectivity index (χ2n) is 11.0. The van der Waals surface area contributed by atoms with E-state index in [-0.39, 0.29) is 29.0 Å². The fraction of sp³-hybridized carbons (Fsp3) is 0.615. The van der Waals surface area contributed by atoms with E-state index in [0.717, 1.165) is 4.47 Å². The zero-order chi connectivity index (χ0) is 23.8. The van der Waals surface area contributed by atoms with Crippen molar-refractivity contribution >= 4 is 27.5 Å². The molecule has 0 amide bonds. The Morgan fingerprint density at radius 3 is 2.00 bits per heavy atom. The highest BCUT2D eigenvalue weighted by molar-refractivity contribution is 9.10. The van der Waals surface area contributed by atoms with Crippen molar-refractivity contribution in [3.63, 3.8) is 0 Å². The van der Waals surface area contributed by atoms with E-state index in [1.807, 2.05) is 39.8 Å². The molecule has 0 aliphatic heterocycles. The van der Waals surface area contributed by atoms with Crippen LogP contribution >= 0.6 is 15.9 Å². The van der Waals surface area contributed by atoms with Crippen LogP contribution in [-0.2, 0) is 9.59 Å². The zero-order valence-corrected chi connectivity index (χ0v) is 21.0. The highest BCUT2D eigenvalue weighted by Gasteiger charge is 2.52. The summed E-state index contributed by atoms with van der Waals surface area (Å²) in [4.78, 5) is 26.8. The second kappa shape index (κ2) is 9.40. The van der Waals surface area contributed by atoms with Gasteiger partial charge in [-0.25, -0.2) is 0 Å². The molecule has 6 heteroatoms. The van der Waals surface area contributed by atoms with Gasteiger partial charge >= 0.3 is 0 Å². The maximum atomic E-state index is 13.4. The Morgan fingerprint density at radius 1 is 1.06 bits per heavy atom. The molecule has 0 unspecified atom stereocenters. The summed E-state index contributed by atoms with van der Waals surface area (Å²) in [6, 6.07) is 5.48. The average molecular weight is 507 g/mol. The van der Waals surface area contributed by atoms with E-state index in [4.69, 9.17) is 4.74 Å². The zero-order valence-electron chi connectivity index (χ0n) is 19.4. The van der Waals surface area contributed by atoms with E-state index in [9.17, 15) is 19.8 Å². The van der Waals surface area contributed by atoms with Crippen LogP contribution in [0.1, 0.15) is 64.9 Å². The van der Waals surface area contributed by atoms with Crippen molar-refractivity contribution in [2.75, 3.05) is 6.61 Å². The Balaban J connectivity index is 2.15. The van der Waals surface area contributed by atoms with E-state index < -0.39 is 30.0 Å². The predicted molar refractivity (Wildman–Crippen MR) is 128 cm³/mol. The fourth-order valence-electron chi connectivity index (χ4n) is 5.69. The molecular formula is C26H35BrO5. The van der Waals surface area contributed by atoms with Crippen LogP contribution in [-0.4, -0.2) is 40.6 Å². The van der Waals surface area contributed by atoms with Crippen molar-refractivity contribution in [1.29, 1.82) is 0 Å². The lowest BCUT2D eigenvalue weighted by atomic mass is 9.58. The lowest BCUT2D eigenvalue weighted by Gasteiger charge is -2.46. The first-order valence-electron chi connectivity index (χ1n) is 11.3. The van der Waals surface area contributed by atoms with Crippen LogP contribution in [0, 0.1) is 22.7 Å². The SMILES string of the molecule is C=CCOc1ccc(Br)cc1C([C@@H]1C(=O)CC(C)(C)C[C@@H]1O)[C@@H]1C(=O)CC(C)(C)C[C@@H]1O. The van der Waals surface area contributed by atoms with Gasteiger partial charge in [-0.3, -0.25) is 9.59 Å². The standard InChI is InChI=1S/C26H35BrO5/c1-6-9-32-21-8-7-15(27)10-16(21)22(23-17(28)11-25(2,3)12-18(23)29)24-19(30)13-26(4,5)14-20(24)31/h6-8,10,17,19,22-24,28,30H,1,9,11-14H2,2-5H3/t17-,19-,23-,24-/m0/s1. The first kappa shape index (κ1) is 25.1. The topological polar surface area (TPSA) is 83.8 Å². The number of Topliss-reactive ketones (excluding diaryl/α,β-unsaturated/α-hetero) is 2. The van der Waals surface area contributed by atoms with Gasteiger partial charge in [0.1, 0.15) is 23.9 Å². The molecule has 0 saturated heterocycles. The van der Waals surface area contributed by atoms with Crippen molar-refractivity contribution in [2.45, 2.75) is 71.5 Å². The van der Waals surface area contributed by atoms with E-state index in [2.05, 4.69) is 22.5 Å². The van der Waals surface area contributed by atoms with Crippen LogP contribution in [0.25, 0.3) is 0 Å². The average Bonchev–Trinajstić information content (AvgIpc) is 2.62. The molecule has 2 aliphatic rings. The van der Waals surface area contributed by atoms with Crippen molar-refractivity contribution in [3.05, 3.63) is 40.9 Å². The summed E-state index contributed by atoms with van der Waals surface area (Å²) >= 11 is 3.51. The van der Waals surface area contributed by atoms with Gasteiger partial charge in [-0.05, 0) is 47.4 Å². The molecule has 0 radical (unpaired) electrons. The quantitative estimate of drug-likeness (QED) is 0.539. The number of ketones is 2. The number of carbonyl (C=O) groups excluding carboxylic acids is 2. The molecule has 4 atom stereocenters. The molecule has 5 nitrogen and oxygen atoms in total. The van der Waals surface area contributed by atoms with Crippen molar-refractivity contribution in [1.82, 2.24) is 0 Å². The van der Waals surface area contributed by atoms with Crippen LogP contribution in [0.15, 0.2) is 35.3 Å². The van der Waals surface area contributed by atoms with Crippen LogP contribution in [0.5, 0.6) is 5.75 Å². The number of ether oxygens (including phenoxy) is 1. The minimum absolute atomic E-state index is 0.0711. The summed E-state index contributed by atoms with van der Waals surface area (Å²) in [5.74, 6) is -1.85. The molecule has 1 aromatic carbocycles. The van der Waals surface area contributed by atoms with Crippen LogP contribution in [0.3, 0.4) is 0 Å². The second-order valence-corrected chi connectivity index (χ2v) is 11.9. The minimum atomic E-state index is -0.905. The Labute approximate surface area is 199 Å². The normalized spacial score (nSPS) is 29.8. The van der Waals surface area contributed by atoms with E-state index in [1.165, 1.54) is 0 Å². The van der Waals surface area contributed by atoms with Gasteiger partial charge in [-0.15, -0.1) is 0 Å². The molecule has 2 aliphatic carbocycles. The molecule has 2 N–H and O–H groups in total. The molecular weight excluding hydrogens is 472 g/mol. The number of aliphatic hydroxyl groups excluding tert-OH is 2. The van der Waals surface area contributed by atoms with Gasteiger partial charge in [-0.2, -0.15) is 0 Å². The molecule has 1 aromatic rings. The number of rotatable bonds is 6. The summed E-state index contributed by atoms with van der Waals surface area (Å²) in [5.41, 5.74) is 0.0398. The van der Waals surface area contributed by atoms with Crippen LogP contribution in [0.2, 0.25) is 0 Å². The van der Waals surface area contributed by atoms with Gasteiger partial charge in [0, 0.05) is 23.2 Å². The summed E-state index contributed by atoms with van der Waals surface area (Å²) in [7, 11) is 0. The third-order valence-corrected chi connectivity index (χ3v) is 7.36. The van der Waals surface area contributed by atoms with Gasteiger partial charge < -0.3 is 14.9 Å². The third kappa shape index (κ3) is 5.35. The van der Waals surface area contributed by atoms with E-state index in [0.29, 0.717) is 37.0 Å². The Hall–Kier alpha value is -1.50. The largest absolute Gasteiger partial charge is 0.489 e. The maximum absolute atomic E-state index is 13.4. The van der Waals surface area contributed by atoms with E-state index in [1.54, 1.807) is 12.1 Å². The lowest BCUT2D eigenvalue weighted by Crippen LogP contribution is -2.51. The molecule has 176 valence electrons. The lowest BCUT2D eigenvalue weighted by molar-refractivity contribution is -0.144. The van der Waals surface area contributed by atoms with Gasteiger partial charge in [0.2, 0.25) is 0 Å². The van der Waals surface area contributed by atoms with Gasteiger partial charge in [0.15, 0.2) is 0 Å². The Kier molecular flexibility index (Phi) is 7.38. The summed E-state index contributed by atoms with van der Waals surface area (Å²) in [6.45, 7) is 11.9. The molecule has 0 aromatic heterocycles. The maximum Gasteiger partial charge on any atom is 0.139 e. The first-order valence-corrected chi connectivity index (χ1v) is 12.1. The molecule has 0 heterocycles. The van der Waals surface area contributed by atoms with Crippen molar-refractivity contribution < 1.29 is 24.5 Å². The Morgan fingerprint density at radius 2 is 1.56 bits per heavy atom. The minimum Gasteiger partial charge on any atom is -0.489 e. The van der Waals surface area contributed by atoms with Crippen LogP contribution in [0.4, 0.5) is 0 Å². The van der Waals surface area contributed by atoms with E-state index >= 15 is 0 Å². The number of benzene rings is 1. The first-order chi connectivity index (χ1) is 14.8. The number of carbonyl (C=O) groups is 2. The highest BCUT2D eigenvalue weighted by Crippen LogP contribution is 2.51. The van der Waals surface area contributed by atoms with Gasteiger partial charge in [-0.1, -0.05) is 56.3 Å². The summed E-state index contributed by atoms with van der Waals surface area (Å²) in [5, 5.41) is 22.3. The Bertz CT molecular complexity index is 848. The molecule has 2 saturated carbocycles. The number of hydrogen-bond donors (Lipinski definition) is 2. The molecule has 2 fully saturated rings. The highest BCUT2D eigenvalue weighted by atomic mass is 79.9. The van der Waals surface area contributed by atoms with Gasteiger partial charge in [0.25, 0.3) is 0 Å². The van der Waals surface area contributed by atoms with Crippen LogP contribution < -0.4 is 4.74 Å². The molecule has 32 heavy (non-hydrogen) atoms. The molecule has 0 spiro atoms. The number of hydrogen-bond acceptors (Lipinski definition) is 5. The van der Waals surface area contributed by atoms with Crippen molar-refractivity contribution in [3.8, 4) is 5.75 Å². The number of aliphatic hydroxyl groups is 2. The molecule has 3 rings (SSSR count). The fourth-order valence-corrected chi connectivity index (χ4v) is 6.07. The molecule has 0 bridgehead atoms. The van der Waals surface area contributed by atoms with Crippen molar-refractivity contribution in [2.24, 2.45) is 22.7 Å². The monoisotopic (exact) mass is 506 g/mol.